The second-order valence-electron chi connectivity index (χ2n) is 9.16. The van der Waals surface area contributed by atoms with Crippen LogP contribution in [0.4, 0.5) is 8.78 Å². The molecule has 2 aromatic rings. The monoisotopic (exact) mass is 470 g/mol. The summed E-state index contributed by atoms with van der Waals surface area (Å²) >= 11 is 0. The Morgan fingerprint density at radius 1 is 1.12 bits per heavy atom. The molecule has 5 rings (SSSR count). The molecule has 1 amide bonds. The molecule has 2 heterocycles. The number of alkyl halides is 2. The molecular weight excluding hydrogens is 442 g/mol. The summed E-state index contributed by atoms with van der Waals surface area (Å²) in [6.07, 6.45) is 3.48. The maximum atomic E-state index is 13.0. The minimum atomic E-state index is -2.97. The van der Waals surface area contributed by atoms with E-state index in [4.69, 9.17) is 14.5 Å². The van der Waals surface area contributed by atoms with Crippen molar-refractivity contribution >= 4 is 11.6 Å². The van der Waals surface area contributed by atoms with Gasteiger partial charge in [-0.15, -0.1) is 0 Å². The van der Waals surface area contributed by atoms with E-state index >= 15 is 0 Å². The number of carbonyl (C=O) groups excluding carboxylic acids is 1. The average molecular weight is 471 g/mol. The second-order valence-corrected chi connectivity index (χ2v) is 9.16. The van der Waals surface area contributed by atoms with Gasteiger partial charge in [0.05, 0.1) is 25.0 Å². The third-order valence-electron chi connectivity index (χ3n) is 7.09. The highest BCUT2D eigenvalue weighted by molar-refractivity contribution is 6.15. The molecular formula is C26H28F2N2O4. The van der Waals surface area contributed by atoms with Gasteiger partial charge in [0.25, 0.3) is 5.91 Å². The molecule has 8 heteroatoms. The predicted octanol–water partition coefficient (Wildman–Crippen LogP) is 4.38. The highest BCUT2D eigenvalue weighted by atomic mass is 19.3. The van der Waals surface area contributed by atoms with Gasteiger partial charge in [0.15, 0.2) is 11.5 Å². The van der Waals surface area contributed by atoms with Crippen LogP contribution in [-0.4, -0.2) is 60.6 Å². The number of fused-ring (bicyclic) bond motifs is 3. The average Bonchev–Trinajstić information content (AvgIpc) is 3.38. The van der Waals surface area contributed by atoms with Gasteiger partial charge in [0, 0.05) is 35.7 Å². The number of aliphatic hydroxyl groups excluding tert-OH is 1. The first kappa shape index (κ1) is 22.8. The lowest BCUT2D eigenvalue weighted by Crippen LogP contribution is -2.34. The fourth-order valence-corrected chi connectivity index (χ4v) is 5.40. The number of aliphatic hydroxyl groups is 1. The standard InChI is InChI=1S/C26H28F2N2O4/c1-33-22-14-20-18(13-23(22)34-26(27)28)19-12-17(31)8-9-21(19)29-24(20)15-4-6-16(7-5-15)25(32)30-10-2-3-11-30/h4-7,13-14,17,19,21,26,31H,2-3,8-12H2,1H3. The van der Waals surface area contributed by atoms with Crippen molar-refractivity contribution in [2.24, 2.45) is 4.99 Å². The van der Waals surface area contributed by atoms with E-state index in [1.807, 2.05) is 29.2 Å². The summed E-state index contributed by atoms with van der Waals surface area (Å²) in [5, 5.41) is 10.3. The van der Waals surface area contributed by atoms with Crippen LogP contribution >= 0.6 is 0 Å². The van der Waals surface area contributed by atoms with Crippen molar-refractivity contribution in [3.63, 3.8) is 0 Å². The van der Waals surface area contributed by atoms with Crippen LogP contribution in [0, 0.1) is 0 Å². The van der Waals surface area contributed by atoms with Gasteiger partial charge in [0.2, 0.25) is 0 Å². The molecule has 0 spiro atoms. The van der Waals surface area contributed by atoms with Crippen molar-refractivity contribution in [3.05, 3.63) is 58.7 Å². The van der Waals surface area contributed by atoms with Gasteiger partial charge in [-0.05, 0) is 61.9 Å². The smallest absolute Gasteiger partial charge is 0.387 e. The van der Waals surface area contributed by atoms with Crippen molar-refractivity contribution in [1.29, 1.82) is 0 Å². The highest BCUT2D eigenvalue weighted by Crippen LogP contribution is 2.45. The predicted molar refractivity (Wildman–Crippen MR) is 123 cm³/mol. The summed E-state index contributed by atoms with van der Waals surface area (Å²) in [6.45, 7) is -1.39. The molecule has 1 saturated carbocycles. The van der Waals surface area contributed by atoms with E-state index in [2.05, 4.69) is 0 Å². The van der Waals surface area contributed by atoms with Crippen LogP contribution in [0.15, 0.2) is 41.4 Å². The number of halogens is 2. The fraction of sp³-hybridized carbons (Fsp3) is 0.462. The summed E-state index contributed by atoms with van der Waals surface area (Å²) in [6, 6.07) is 10.6. The van der Waals surface area contributed by atoms with Crippen molar-refractivity contribution < 1.29 is 28.2 Å². The minimum Gasteiger partial charge on any atom is -0.493 e. The number of nitrogens with zero attached hydrogens (tertiary/aromatic N) is 2. The summed E-state index contributed by atoms with van der Waals surface area (Å²) in [4.78, 5) is 19.6. The first-order valence-corrected chi connectivity index (χ1v) is 11.8. The summed E-state index contributed by atoms with van der Waals surface area (Å²) in [5.74, 6) is 0.113. The fourth-order valence-electron chi connectivity index (χ4n) is 5.40. The van der Waals surface area contributed by atoms with E-state index in [9.17, 15) is 18.7 Å². The van der Waals surface area contributed by atoms with E-state index in [0.717, 1.165) is 48.3 Å². The molecule has 2 fully saturated rings. The van der Waals surface area contributed by atoms with Crippen LogP contribution in [-0.2, 0) is 0 Å². The van der Waals surface area contributed by atoms with E-state index in [1.54, 1.807) is 12.1 Å². The first-order valence-electron chi connectivity index (χ1n) is 11.8. The normalized spacial score (nSPS) is 23.9. The van der Waals surface area contributed by atoms with E-state index in [0.29, 0.717) is 24.8 Å². The van der Waals surface area contributed by atoms with Crippen molar-refractivity contribution in [2.45, 2.75) is 56.8 Å². The minimum absolute atomic E-state index is 0.0251. The number of amides is 1. The summed E-state index contributed by atoms with van der Waals surface area (Å²) in [7, 11) is 1.41. The lowest BCUT2D eigenvalue weighted by atomic mass is 9.74. The number of hydrogen-bond acceptors (Lipinski definition) is 5. The molecule has 0 radical (unpaired) electrons. The van der Waals surface area contributed by atoms with Crippen molar-refractivity contribution in [3.8, 4) is 11.5 Å². The molecule has 3 unspecified atom stereocenters. The zero-order chi connectivity index (χ0) is 23.8. The third-order valence-corrected chi connectivity index (χ3v) is 7.09. The lowest BCUT2D eigenvalue weighted by molar-refractivity contribution is -0.0513. The Morgan fingerprint density at radius 2 is 1.85 bits per heavy atom. The number of carbonyl (C=O) groups is 1. The lowest BCUT2D eigenvalue weighted by Gasteiger charge is -2.37. The van der Waals surface area contributed by atoms with Crippen molar-refractivity contribution in [1.82, 2.24) is 4.90 Å². The largest absolute Gasteiger partial charge is 0.493 e. The number of benzene rings is 2. The molecule has 1 saturated heterocycles. The van der Waals surface area contributed by atoms with Crippen LogP contribution in [0.25, 0.3) is 0 Å². The van der Waals surface area contributed by atoms with Crippen LogP contribution in [0.5, 0.6) is 11.5 Å². The second kappa shape index (κ2) is 9.33. The SMILES string of the molecule is COc1cc2c(cc1OC(F)F)C1CC(O)CCC1N=C2c1ccc(C(=O)N2CCCC2)cc1. The molecule has 1 N–H and O–H groups in total. The number of ether oxygens (including phenoxy) is 2. The molecule has 34 heavy (non-hydrogen) atoms. The quantitative estimate of drug-likeness (QED) is 0.704. The molecule has 2 aliphatic heterocycles. The number of aliphatic imine (C=N–C) groups is 1. The molecule has 3 aliphatic rings. The Bertz CT molecular complexity index is 1100. The van der Waals surface area contributed by atoms with Gasteiger partial charge in [0.1, 0.15) is 0 Å². The Morgan fingerprint density at radius 3 is 2.53 bits per heavy atom. The maximum Gasteiger partial charge on any atom is 0.387 e. The van der Waals surface area contributed by atoms with Gasteiger partial charge >= 0.3 is 6.61 Å². The van der Waals surface area contributed by atoms with Crippen LogP contribution in [0.3, 0.4) is 0 Å². The van der Waals surface area contributed by atoms with Gasteiger partial charge in [-0.2, -0.15) is 8.78 Å². The Labute approximate surface area is 197 Å². The zero-order valence-electron chi connectivity index (χ0n) is 19.0. The van der Waals surface area contributed by atoms with Crippen LogP contribution in [0.1, 0.15) is 65.1 Å². The molecule has 0 bridgehead atoms. The number of methoxy groups -OCH3 is 1. The van der Waals surface area contributed by atoms with E-state index in [-0.39, 0.29) is 29.4 Å². The summed E-state index contributed by atoms with van der Waals surface area (Å²) < 4.78 is 36.2. The van der Waals surface area contributed by atoms with Gasteiger partial charge < -0.3 is 19.5 Å². The van der Waals surface area contributed by atoms with E-state index in [1.165, 1.54) is 7.11 Å². The maximum absolute atomic E-state index is 13.0. The molecule has 2 aromatic carbocycles. The molecule has 0 aromatic heterocycles. The van der Waals surface area contributed by atoms with Crippen LogP contribution in [0.2, 0.25) is 0 Å². The highest BCUT2D eigenvalue weighted by Gasteiger charge is 2.37. The molecule has 3 atom stereocenters. The summed E-state index contributed by atoms with van der Waals surface area (Å²) in [5.41, 5.74) is 3.80. The zero-order valence-corrected chi connectivity index (χ0v) is 19.0. The third kappa shape index (κ3) is 4.27. The molecule has 180 valence electrons. The Kier molecular flexibility index (Phi) is 6.25. The Balaban J connectivity index is 1.54. The van der Waals surface area contributed by atoms with E-state index < -0.39 is 12.7 Å². The topological polar surface area (TPSA) is 71.4 Å². The van der Waals surface area contributed by atoms with Gasteiger partial charge in [-0.3, -0.25) is 9.79 Å². The number of likely N-dealkylation sites (tertiary alicyclic amines) is 1. The van der Waals surface area contributed by atoms with Crippen molar-refractivity contribution in [2.75, 3.05) is 20.2 Å². The molecule has 1 aliphatic carbocycles. The van der Waals surface area contributed by atoms with Gasteiger partial charge in [-0.25, -0.2) is 0 Å². The Hall–Kier alpha value is -3.00. The number of hydrogen-bond donors (Lipinski definition) is 1. The molecule has 6 nitrogen and oxygen atoms in total. The van der Waals surface area contributed by atoms with Crippen LogP contribution < -0.4 is 9.47 Å². The van der Waals surface area contributed by atoms with Gasteiger partial charge in [-0.1, -0.05) is 12.1 Å². The first-order chi connectivity index (χ1) is 16.4. The number of rotatable bonds is 5.